The van der Waals surface area contributed by atoms with Crippen LogP contribution in [0.25, 0.3) is 0 Å². The van der Waals surface area contributed by atoms with E-state index in [1.54, 1.807) is 6.92 Å². The first-order valence-corrected chi connectivity index (χ1v) is 4.51. The lowest BCUT2D eigenvalue weighted by Crippen LogP contribution is -2.23. The molecule has 0 aromatic carbocycles. The molecule has 1 heterocycles. The van der Waals surface area contributed by atoms with Crippen molar-refractivity contribution < 1.29 is 4.74 Å². The van der Waals surface area contributed by atoms with Crippen LogP contribution in [0, 0.1) is 6.92 Å². The van der Waals surface area contributed by atoms with E-state index in [0.717, 1.165) is 6.42 Å². The Hall–Kier alpha value is -1.36. The van der Waals surface area contributed by atoms with Crippen LogP contribution in [-0.4, -0.2) is 23.2 Å². The monoisotopic (exact) mass is 197 g/mol. The van der Waals surface area contributed by atoms with Crippen LogP contribution in [0.3, 0.4) is 0 Å². The Balaban J connectivity index is 3.06. The molecule has 5 nitrogen and oxygen atoms in total. The number of hydrogen-bond acceptors (Lipinski definition) is 4. The molecule has 0 amide bonds. The molecule has 78 valence electrons. The third-order valence-corrected chi connectivity index (χ3v) is 1.87. The molecule has 0 aliphatic heterocycles. The summed E-state index contributed by atoms with van der Waals surface area (Å²) in [5.41, 5.74) is 5.94. The Morgan fingerprint density at radius 2 is 2.36 bits per heavy atom. The number of nitrogens with zero attached hydrogens (tertiary/aromatic N) is 2. The smallest absolute Gasteiger partial charge is 0.299 e. The molecule has 0 fully saturated rings. The molecule has 5 heteroatoms. The summed E-state index contributed by atoms with van der Waals surface area (Å²) in [7, 11) is 1.50. The molecule has 1 rings (SSSR count). The summed E-state index contributed by atoms with van der Waals surface area (Å²) < 4.78 is 6.50. The van der Waals surface area contributed by atoms with Gasteiger partial charge in [-0.3, -0.25) is 9.36 Å². The predicted octanol–water partition coefficient (Wildman–Crippen LogP) is -0.0909. The number of nitrogens with two attached hydrogens (primary N) is 1. The first kappa shape index (κ1) is 10.7. The first-order valence-electron chi connectivity index (χ1n) is 4.51. The van der Waals surface area contributed by atoms with E-state index in [1.807, 2.05) is 0 Å². The molecule has 0 aliphatic carbocycles. The molecule has 0 radical (unpaired) electrons. The first-order chi connectivity index (χ1) is 6.69. The zero-order chi connectivity index (χ0) is 10.6. The van der Waals surface area contributed by atoms with Crippen LogP contribution in [0.1, 0.15) is 12.1 Å². The summed E-state index contributed by atoms with van der Waals surface area (Å²) in [6.07, 6.45) is 0.737. The molecule has 1 aromatic rings. The number of aryl methyl sites for hydroxylation is 1. The summed E-state index contributed by atoms with van der Waals surface area (Å²) in [5, 5.41) is 0. The van der Waals surface area contributed by atoms with Gasteiger partial charge in [0.15, 0.2) is 0 Å². The number of rotatable bonds is 4. The van der Waals surface area contributed by atoms with Crippen molar-refractivity contribution in [2.75, 3.05) is 13.7 Å². The summed E-state index contributed by atoms with van der Waals surface area (Å²) in [5.74, 6) is 0. The highest BCUT2D eigenvalue weighted by Crippen LogP contribution is 2.04. The summed E-state index contributed by atoms with van der Waals surface area (Å²) in [6, 6.07) is 1.84. The lowest BCUT2D eigenvalue weighted by Gasteiger charge is -2.09. The van der Waals surface area contributed by atoms with Gasteiger partial charge < -0.3 is 10.5 Å². The van der Waals surface area contributed by atoms with Gasteiger partial charge in [0.25, 0.3) is 11.6 Å². The molecule has 0 saturated carbocycles. The van der Waals surface area contributed by atoms with Crippen molar-refractivity contribution in [3.63, 3.8) is 0 Å². The number of aromatic nitrogens is 2. The normalized spacial score (nSPS) is 10.2. The van der Waals surface area contributed by atoms with Gasteiger partial charge in [-0.15, -0.1) is 0 Å². The Kier molecular flexibility index (Phi) is 3.64. The highest BCUT2D eigenvalue weighted by Gasteiger charge is 2.05. The van der Waals surface area contributed by atoms with Gasteiger partial charge in [-0.05, 0) is 19.9 Å². The average molecular weight is 197 g/mol. The molecule has 1 aromatic heterocycles. The fourth-order valence-corrected chi connectivity index (χ4v) is 1.21. The number of hydrogen-bond donors (Lipinski definition) is 1. The lowest BCUT2D eigenvalue weighted by molar-refractivity contribution is 0.342. The van der Waals surface area contributed by atoms with Gasteiger partial charge in [0.2, 0.25) is 0 Å². The van der Waals surface area contributed by atoms with Crippen LogP contribution in [0.2, 0.25) is 0 Å². The fraction of sp³-hybridized carbons (Fsp3) is 0.556. The fourth-order valence-electron chi connectivity index (χ4n) is 1.21. The minimum absolute atomic E-state index is 0.0946. The third kappa shape index (κ3) is 2.32. The Morgan fingerprint density at radius 3 is 2.93 bits per heavy atom. The summed E-state index contributed by atoms with van der Waals surface area (Å²) >= 11 is 0. The van der Waals surface area contributed by atoms with Gasteiger partial charge in [0, 0.05) is 18.3 Å². The van der Waals surface area contributed by atoms with Gasteiger partial charge in [-0.2, -0.15) is 0 Å². The van der Waals surface area contributed by atoms with Crippen molar-refractivity contribution in [3.8, 4) is 6.01 Å². The second-order valence-corrected chi connectivity index (χ2v) is 3.02. The quantitative estimate of drug-likeness (QED) is 0.732. The van der Waals surface area contributed by atoms with Crippen molar-refractivity contribution in [2.24, 2.45) is 5.73 Å². The molecule has 0 bridgehead atoms. The van der Waals surface area contributed by atoms with Gasteiger partial charge in [-0.25, -0.2) is 4.98 Å². The largest absolute Gasteiger partial charge is 0.468 e. The van der Waals surface area contributed by atoms with Crippen molar-refractivity contribution >= 4 is 0 Å². The van der Waals surface area contributed by atoms with E-state index in [1.165, 1.54) is 17.7 Å². The van der Waals surface area contributed by atoms with E-state index in [0.29, 0.717) is 24.8 Å². The SMILES string of the molecule is COc1nc(C)cc(=O)n1CCCN. The molecule has 2 N–H and O–H groups in total. The Bertz CT molecular complexity index is 360. The Labute approximate surface area is 82.5 Å². The van der Waals surface area contributed by atoms with Gasteiger partial charge in [0.1, 0.15) is 0 Å². The van der Waals surface area contributed by atoms with E-state index < -0.39 is 0 Å². The molecule has 0 unspecified atom stereocenters. The van der Waals surface area contributed by atoms with Crippen molar-refractivity contribution in [1.82, 2.24) is 9.55 Å². The number of ether oxygens (including phenoxy) is 1. The van der Waals surface area contributed by atoms with Gasteiger partial charge >= 0.3 is 0 Å². The Morgan fingerprint density at radius 1 is 1.64 bits per heavy atom. The second-order valence-electron chi connectivity index (χ2n) is 3.02. The minimum atomic E-state index is -0.0946. The average Bonchev–Trinajstić information content (AvgIpc) is 2.15. The zero-order valence-electron chi connectivity index (χ0n) is 8.49. The van der Waals surface area contributed by atoms with Crippen molar-refractivity contribution in [1.29, 1.82) is 0 Å². The van der Waals surface area contributed by atoms with E-state index in [2.05, 4.69) is 4.98 Å². The number of methoxy groups -OCH3 is 1. The zero-order valence-corrected chi connectivity index (χ0v) is 8.49. The van der Waals surface area contributed by atoms with Gasteiger partial charge in [-0.1, -0.05) is 0 Å². The van der Waals surface area contributed by atoms with Crippen LogP contribution in [-0.2, 0) is 6.54 Å². The second kappa shape index (κ2) is 4.76. The predicted molar refractivity (Wildman–Crippen MR) is 53.5 cm³/mol. The van der Waals surface area contributed by atoms with Gasteiger partial charge in [0.05, 0.1) is 7.11 Å². The van der Waals surface area contributed by atoms with Crippen molar-refractivity contribution in [3.05, 3.63) is 22.1 Å². The maximum atomic E-state index is 11.5. The van der Waals surface area contributed by atoms with Crippen LogP contribution >= 0.6 is 0 Å². The molecule has 0 atom stereocenters. The van der Waals surface area contributed by atoms with E-state index in [-0.39, 0.29) is 5.56 Å². The molecule has 0 saturated heterocycles. The maximum Gasteiger partial charge on any atom is 0.299 e. The molecular formula is C9H15N3O2. The standard InChI is InChI=1S/C9H15N3O2/c1-7-6-8(13)12(5-3-4-10)9(11-7)14-2/h6H,3-5,10H2,1-2H3. The highest BCUT2D eigenvalue weighted by atomic mass is 16.5. The van der Waals surface area contributed by atoms with Crippen LogP contribution in [0.15, 0.2) is 10.9 Å². The maximum absolute atomic E-state index is 11.5. The summed E-state index contributed by atoms with van der Waals surface area (Å²) in [6.45, 7) is 2.85. The van der Waals surface area contributed by atoms with Crippen LogP contribution in [0.4, 0.5) is 0 Å². The highest BCUT2D eigenvalue weighted by molar-refractivity contribution is 5.06. The van der Waals surface area contributed by atoms with E-state index >= 15 is 0 Å². The molecular weight excluding hydrogens is 182 g/mol. The molecule has 0 spiro atoms. The topological polar surface area (TPSA) is 70.1 Å². The van der Waals surface area contributed by atoms with E-state index in [9.17, 15) is 4.79 Å². The minimum Gasteiger partial charge on any atom is -0.468 e. The molecule has 14 heavy (non-hydrogen) atoms. The summed E-state index contributed by atoms with van der Waals surface area (Å²) in [4.78, 5) is 15.6. The third-order valence-electron chi connectivity index (χ3n) is 1.87. The van der Waals surface area contributed by atoms with E-state index in [4.69, 9.17) is 10.5 Å². The molecule has 0 aliphatic rings. The van der Waals surface area contributed by atoms with Crippen LogP contribution < -0.4 is 16.0 Å². The lowest BCUT2D eigenvalue weighted by atomic mass is 10.4. The van der Waals surface area contributed by atoms with Crippen molar-refractivity contribution in [2.45, 2.75) is 19.9 Å². The van der Waals surface area contributed by atoms with Crippen LogP contribution in [0.5, 0.6) is 6.01 Å².